The third-order valence-electron chi connectivity index (χ3n) is 4.85. The fourth-order valence-corrected chi connectivity index (χ4v) is 3.94. The molecule has 2 aliphatic rings. The molecule has 1 fully saturated rings. The molecule has 0 saturated heterocycles. The fraction of sp³-hybridized carbons (Fsp3) is 0.500. The molecule has 4 nitrogen and oxygen atoms in total. The van der Waals surface area contributed by atoms with Crippen molar-refractivity contribution >= 4 is 23.0 Å². The van der Waals surface area contributed by atoms with Gasteiger partial charge in [0.25, 0.3) is 5.69 Å². The van der Waals surface area contributed by atoms with Gasteiger partial charge in [0.1, 0.15) is 5.02 Å². The molecule has 1 aromatic carbocycles. The number of nitrogens with zero attached hydrogens (tertiary/aromatic N) is 1. The predicted molar refractivity (Wildman–Crippen MR) is 84.8 cm³/mol. The van der Waals surface area contributed by atoms with Gasteiger partial charge in [-0.2, -0.15) is 0 Å². The summed E-state index contributed by atoms with van der Waals surface area (Å²) in [5.74, 6) is 2.05. The topological polar surface area (TPSA) is 55.2 Å². The summed E-state index contributed by atoms with van der Waals surface area (Å²) in [6.07, 6.45) is 7.18. The summed E-state index contributed by atoms with van der Waals surface area (Å²) in [6, 6.07) is 3.55. The molecule has 2 bridgehead atoms. The van der Waals surface area contributed by atoms with Crippen molar-refractivity contribution in [2.24, 2.45) is 17.8 Å². The maximum absolute atomic E-state index is 10.9. The normalized spacial score (nSPS) is 27.9. The van der Waals surface area contributed by atoms with E-state index in [1.165, 1.54) is 18.9 Å². The third-order valence-corrected chi connectivity index (χ3v) is 5.15. The SMILES string of the molecule is Cc1cc([N+](=O)[O-])c(Cl)cc1NC(C)C1CC2C=CC1C2. The van der Waals surface area contributed by atoms with Gasteiger partial charge >= 0.3 is 0 Å². The molecule has 2 aliphatic carbocycles. The number of anilines is 1. The Morgan fingerprint density at radius 2 is 2.14 bits per heavy atom. The lowest BCUT2D eigenvalue weighted by atomic mass is 9.87. The fourth-order valence-electron chi connectivity index (χ4n) is 3.71. The second-order valence-corrected chi connectivity index (χ2v) is 6.66. The summed E-state index contributed by atoms with van der Waals surface area (Å²) in [4.78, 5) is 10.5. The maximum Gasteiger partial charge on any atom is 0.288 e. The molecule has 4 unspecified atom stereocenters. The number of halogens is 1. The van der Waals surface area contributed by atoms with Crippen LogP contribution in [0.4, 0.5) is 11.4 Å². The molecule has 1 saturated carbocycles. The summed E-state index contributed by atoms with van der Waals surface area (Å²) in [5.41, 5.74) is 1.72. The third kappa shape index (κ3) is 2.64. The summed E-state index contributed by atoms with van der Waals surface area (Å²) >= 11 is 6.01. The highest BCUT2D eigenvalue weighted by molar-refractivity contribution is 6.33. The smallest absolute Gasteiger partial charge is 0.288 e. The number of nitro benzene ring substituents is 1. The molecule has 4 atom stereocenters. The molecule has 0 radical (unpaired) electrons. The van der Waals surface area contributed by atoms with E-state index in [9.17, 15) is 10.1 Å². The van der Waals surface area contributed by atoms with Crippen molar-refractivity contribution in [2.45, 2.75) is 32.7 Å². The standard InChI is InChI=1S/C16H19ClN2O2/c1-9-5-16(19(20)21)14(17)8-15(9)18-10(2)13-7-11-3-4-12(13)6-11/h3-5,8,10-13,18H,6-7H2,1-2H3. The highest BCUT2D eigenvalue weighted by Gasteiger charge is 2.38. The van der Waals surface area contributed by atoms with Gasteiger partial charge in [-0.3, -0.25) is 10.1 Å². The van der Waals surface area contributed by atoms with Crippen molar-refractivity contribution in [3.05, 3.63) is 45.0 Å². The molecule has 1 N–H and O–H groups in total. The van der Waals surface area contributed by atoms with Gasteiger partial charge in [0.15, 0.2) is 0 Å². The van der Waals surface area contributed by atoms with Crippen LogP contribution in [0.5, 0.6) is 0 Å². The van der Waals surface area contributed by atoms with Crippen LogP contribution < -0.4 is 5.32 Å². The molecule has 1 aromatic rings. The minimum Gasteiger partial charge on any atom is -0.382 e. The zero-order chi connectivity index (χ0) is 15.1. The number of fused-ring (bicyclic) bond motifs is 2. The Balaban J connectivity index is 1.77. The Labute approximate surface area is 129 Å². The predicted octanol–water partition coefficient (Wildman–Crippen LogP) is 4.57. The van der Waals surface area contributed by atoms with E-state index < -0.39 is 4.92 Å². The van der Waals surface area contributed by atoms with Crippen molar-refractivity contribution < 1.29 is 4.92 Å². The van der Waals surface area contributed by atoms with E-state index in [0.29, 0.717) is 17.9 Å². The Kier molecular flexibility index (Phi) is 3.66. The average molecular weight is 307 g/mol. The summed E-state index contributed by atoms with van der Waals surface area (Å²) < 4.78 is 0. The van der Waals surface area contributed by atoms with E-state index in [1.807, 2.05) is 6.92 Å². The van der Waals surface area contributed by atoms with Crippen LogP contribution in [-0.4, -0.2) is 11.0 Å². The Morgan fingerprint density at radius 3 is 2.71 bits per heavy atom. The van der Waals surface area contributed by atoms with Crippen LogP contribution in [0, 0.1) is 34.8 Å². The van der Waals surface area contributed by atoms with E-state index in [0.717, 1.165) is 17.2 Å². The molecule has 0 aliphatic heterocycles. The minimum absolute atomic E-state index is 0.0322. The van der Waals surface area contributed by atoms with E-state index in [4.69, 9.17) is 11.6 Å². The zero-order valence-electron chi connectivity index (χ0n) is 12.2. The van der Waals surface area contributed by atoms with Gasteiger partial charge in [-0.05, 0) is 56.1 Å². The Morgan fingerprint density at radius 1 is 1.38 bits per heavy atom. The van der Waals surface area contributed by atoms with Gasteiger partial charge in [-0.1, -0.05) is 23.8 Å². The summed E-state index contributed by atoms with van der Waals surface area (Å²) in [7, 11) is 0. The first-order valence-electron chi connectivity index (χ1n) is 7.35. The van der Waals surface area contributed by atoms with Gasteiger partial charge in [-0.15, -0.1) is 0 Å². The number of hydrogen-bond acceptors (Lipinski definition) is 3. The number of nitrogens with one attached hydrogen (secondary N) is 1. The molecule has 112 valence electrons. The Bertz CT molecular complexity index is 615. The summed E-state index contributed by atoms with van der Waals surface area (Å²) in [6.45, 7) is 4.06. The Hall–Kier alpha value is -1.55. The van der Waals surface area contributed by atoms with E-state index in [2.05, 4.69) is 24.4 Å². The quantitative estimate of drug-likeness (QED) is 0.503. The van der Waals surface area contributed by atoms with Crippen molar-refractivity contribution in [1.82, 2.24) is 0 Å². The molecule has 0 spiro atoms. The van der Waals surface area contributed by atoms with E-state index in [-0.39, 0.29) is 10.7 Å². The number of aryl methyl sites for hydroxylation is 1. The second kappa shape index (κ2) is 5.34. The van der Waals surface area contributed by atoms with Crippen LogP contribution in [0.15, 0.2) is 24.3 Å². The average Bonchev–Trinajstić information content (AvgIpc) is 3.04. The number of rotatable bonds is 4. The van der Waals surface area contributed by atoms with E-state index in [1.54, 1.807) is 6.07 Å². The van der Waals surface area contributed by atoms with Crippen LogP contribution in [0.3, 0.4) is 0 Å². The van der Waals surface area contributed by atoms with Crippen molar-refractivity contribution in [3.8, 4) is 0 Å². The first-order valence-corrected chi connectivity index (χ1v) is 7.73. The molecule has 0 aromatic heterocycles. The van der Waals surface area contributed by atoms with Crippen LogP contribution in [0.25, 0.3) is 0 Å². The molecule has 3 rings (SSSR count). The zero-order valence-corrected chi connectivity index (χ0v) is 12.9. The van der Waals surface area contributed by atoms with Crippen LogP contribution in [0.2, 0.25) is 5.02 Å². The molecule has 5 heteroatoms. The largest absolute Gasteiger partial charge is 0.382 e. The highest BCUT2D eigenvalue weighted by atomic mass is 35.5. The molecular formula is C16H19ClN2O2. The van der Waals surface area contributed by atoms with Crippen molar-refractivity contribution in [2.75, 3.05) is 5.32 Å². The van der Waals surface area contributed by atoms with Gasteiger partial charge in [0.05, 0.1) is 4.92 Å². The van der Waals surface area contributed by atoms with Crippen LogP contribution in [0.1, 0.15) is 25.3 Å². The monoisotopic (exact) mass is 306 g/mol. The highest BCUT2D eigenvalue weighted by Crippen LogP contribution is 2.45. The minimum atomic E-state index is -0.441. The lowest BCUT2D eigenvalue weighted by Gasteiger charge is -2.27. The number of nitro groups is 1. The summed E-state index contributed by atoms with van der Waals surface area (Å²) in [5, 5.41) is 14.6. The maximum atomic E-state index is 10.9. The van der Waals surface area contributed by atoms with Crippen molar-refractivity contribution in [1.29, 1.82) is 0 Å². The lowest BCUT2D eigenvalue weighted by molar-refractivity contribution is -0.384. The van der Waals surface area contributed by atoms with E-state index >= 15 is 0 Å². The van der Waals surface area contributed by atoms with Crippen LogP contribution in [-0.2, 0) is 0 Å². The number of allylic oxidation sites excluding steroid dienone is 2. The molecule has 0 amide bonds. The van der Waals surface area contributed by atoms with Gasteiger partial charge in [-0.25, -0.2) is 0 Å². The van der Waals surface area contributed by atoms with Crippen molar-refractivity contribution in [3.63, 3.8) is 0 Å². The van der Waals surface area contributed by atoms with Gasteiger partial charge in [0.2, 0.25) is 0 Å². The number of benzene rings is 1. The number of hydrogen-bond donors (Lipinski definition) is 1. The molecule has 21 heavy (non-hydrogen) atoms. The first kappa shape index (κ1) is 14.4. The van der Waals surface area contributed by atoms with Gasteiger partial charge < -0.3 is 5.32 Å². The molecule has 0 heterocycles. The van der Waals surface area contributed by atoms with Crippen LogP contribution >= 0.6 is 11.6 Å². The molecular weight excluding hydrogens is 288 g/mol. The lowest BCUT2D eigenvalue weighted by Crippen LogP contribution is -2.29. The van der Waals surface area contributed by atoms with Gasteiger partial charge in [0, 0.05) is 17.8 Å². The first-order chi connectivity index (χ1) is 9.95. The second-order valence-electron chi connectivity index (χ2n) is 6.25.